The first-order valence-electron chi connectivity index (χ1n) is 5.76. The lowest BCUT2D eigenvalue weighted by Crippen LogP contribution is -2.11. The van der Waals surface area contributed by atoms with E-state index in [0.29, 0.717) is 27.4 Å². The SMILES string of the molecule is COc1ccc(NC(=O)c2sccc2C#N)cc1CO. The minimum absolute atomic E-state index is 0.185. The number of rotatable bonds is 4. The van der Waals surface area contributed by atoms with Crippen molar-refractivity contribution in [2.45, 2.75) is 6.61 Å². The predicted molar refractivity (Wildman–Crippen MR) is 75.9 cm³/mol. The smallest absolute Gasteiger partial charge is 0.267 e. The Morgan fingerprint density at radius 1 is 1.50 bits per heavy atom. The topological polar surface area (TPSA) is 82.3 Å². The number of nitriles is 1. The minimum atomic E-state index is -0.342. The molecular weight excluding hydrogens is 276 g/mol. The number of methoxy groups -OCH3 is 1. The van der Waals surface area contributed by atoms with Crippen LogP contribution >= 0.6 is 11.3 Å². The minimum Gasteiger partial charge on any atom is -0.496 e. The Kier molecular flexibility index (Phi) is 4.35. The molecule has 1 heterocycles. The van der Waals surface area contributed by atoms with E-state index in [1.807, 2.05) is 6.07 Å². The van der Waals surface area contributed by atoms with E-state index in [9.17, 15) is 9.90 Å². The lowest BCUT2D eigenvalue weighted by Gasteiger charge is -2.09. The molecule has 1 amide bonds. The molecule has 2 rings (SSSR count). The lowest BCUT2D eigenvalue weighted by molar-refractivity contribution is 0.103. The van der Waals surface area contributed by atoms with Gasteiger partial charge in [0.1, 0.15) is 16.7 Å². The molecule has 0 aliphatic carbocycles. The monoisotopic (exact) mass is 288 g/mol. The molecular formula is C14H12N2O3S. The molecule has 0 aliphatic heterocycles. The van der Waals surface area contributed by atoms with Crippen LogP contribution in [0.2, 0.25) is 0 Å². The summed E-state index contributed by atoms with van der Waals surface area (Å²) in [7, 11) is 1.51. The molecule has 2 N–H and O–H groups in total. The summed E-state index contributed by atoms with van der Waals surface area (Å²) in [6.07, 6.45) is 0. The van der Waals surface area contributed by atoms with E-state index in [2.05, 4.69) is 5.32 Å². The number of nitrogens with one attached hydrogen (secondary N) is 1. The number of hydrogen-bond donors (Lipinski definition) is 2. The zero-order valence-electron chi connectivity index (χ0n) is 10.7. The summed E-state index contributed by atoms with van der Waals surface area (Å²) in [5.74, 6) is 0.213. The summed E-state index contributed by atoms with van der Waals surface area (Å²) >= 11 is 1.21. The van der Waals surface area contributed by atoms with Gasteiger partial charge >= 0.3 is 0 Å². The number of nitrogens with zero attached hydrogens (tertiary/aromatic N) is 1. The number of carbonyl (C=O) groups is 1. The molecule has 0 spiro atoms. The van der Waals surface area contributed by atoms with Gasteiger partial charge in [0.2, 0.25) is 0 Å². The lowest BCUT2D eigenvalue weighted by atomic mass is 10.2. The molecule has 0 saturated carbocycles. The molecule has 1 aromatic heterocycles. The van der Waals surface area contributed by atoms with Crippen LogP contribution in [0.25, 0.3) is 0 Å². The normalized spacial score (nSPS) is 9.85. The standard InChI is InChI=1S/C14H12N2O3S/c1-19-12-3-2-11(6-10(12)8-17)16-14(18)13-9(7-15)4-5-20-13/h2-6,17H,8H2,1H3,(H,16,18). The second kappa shape index (κ2) is 6.19. The number of amides is 1. The second-order valence-corrected chi connectivity index (χ2v) is 4.83. The van der Waals surface area contributed by atoms with Crippen LogP contribution in [0.4, 0.5) is 5.69 Å². The third kappa shape index (κ3) is 2.79. The summed E-state index contributed by atoms with van der Waals surface area (Å²) in [5, 5.41) is 22.5. The maximum absolute atomic E-state index is 12.1. The molecule has 0 atom stereocenters. The highest BCUT2D eigenvalue weighted by Crippen LogP contribution is 2.24. The third-order valence-electron chi connectivity index (χ3n) is 2.70. The van der Waals surface area contributed by atoms with Crippen LogP contribution in [0, 0.1) is 11.3 Å². The van der Waals surface area contributed by atoms with Crippen molar-refractivity contribution in [3.8, 4) is 11.8 Å². The first-order chi connectivity index (χ1) is 9.69. The van der Waals surface area contributed by atoms with Gasteiger partial charge in [-0.25, -0.2) is 0 Å². The van der Waals surface area contributed by atoms with Gasteiger partial charge in [0.05, 0.1) is 19.3 Å². The van der Waals surface area contributed by atoms with Crippen LogP contribution in [-0.2, 0) is 6.61 Å². The largest absolute Gasteiger partial charge is 0.496 e. The molecule has 102 valence electrons. The van der Waals surface area contributed by atoms with E-state index >= 15 is 0 Å². The molecule has 0 aliphatic rings. The molecule has 2 aromatic rings. The summed E-state index contributed by atoms with van der Waals surface area (Å²) in [4.78, 5) is 12.4. The molecule has 6 heteroatoms. The number of aliphatic hydroxyl groups is 1. The van der Waals surface area contributed by atoms with Gasteiger partial charge in [-0.1, -0.05) is 0 Å². The van der Waals surface area contributed by atoms with Crippen molar-refractivity contribution in [3.63, 3.8) is 0 Å². The summed E-state index contributed by atoms with van der Waals surface area (Å²) < 4.78 is 5.09. The van der Waals surface area contributed by atoms with E-state index in [-0.39, 0.29) is 12.5 Å². The van der Waals surface area contributed by atoms with Gasteiger partial charge in [0.15, 0.2) is 0 Å². The number of anilines is 1. The Bertz CT molecular complexity index is 673. The maximum atomic E-state index is 12.1. The summed E-state index contributed by atoms with van der Waals surface area (Å²) in [6, 6.07) is 8.56. The van der Waals surface area contributed by atoms with E-state index < -0.39 is 0 Å². The number of aliphatic hydroxyl groups excluding tert-OH is 1. The molecule has 1 aromatic carbocycles. The van der Waals surface area contributed by atoms with Crippen molar-refractivity contribution in [1.82, 2.24) is 0 Å². The van der Waals surface area contributed by atoms with Gasteiger partial charge in [-0.2, -0.15) is 5.26 Å². The highest BCUT2D eigenvalue weighted by Gasteiger charge is 2.14. The summed E-state index contributed by atoms with van der Waals surface area (Å²) in [6.45, 7) is -0.185. The van der Waals surface area contributed by atoms with Gasteiger partial charge in [-0.05, 0) is 29.6 Å². The highest BCUT2D eigenvalue weighted by atomic mass is 32.1. The van der Waals surface area contributed by atoms with E-state index in [1.54, 1.807) is 29.6 Å². The molecule has 0 radical (unpaired) electrons. The van der Waals surface area contributed by atoms with Crippen molar-refractivity contribution >= 4 is 22.9 Å². The predicted octanol–water partition coefficient (Wildman–Crippen LogP) is 2.37. The first kappa shape index (κ1) is 14.1. The Morgan fingerprint density at radius 2 is 2.30 bits per heavy atom. The Morgan fingerprint density at radius 3 is 2.95 bits per heavy atom. The van der Waals surface area contributed by atoms with Crippen LogP contribution in [-0.4, -0.2) is 18.1 Å². The number of benzene rings is 1. The molecule has 20 heavy (non-hydrogen) atoms. The fraction of sp³-hybridized carbons (Fsp3) is 0.143. The zero-order valence-corrected chi connectivity index (χ0v) is 11.5. The molecule has 0 saturated heterocycles. The fourth-order valence-electron chi connectivity index (χ4n) is 1.74. The Labute approximate surface area is 120 Å². The van der Waals surface area contributed by atoms with Crippen molar-refractivity contribution in [1.29, 1.82) is 5.26 Å². The van der Waals surface area contributed by atoms with Crippen molar-refractivity contribution in [2.75, 3.05) is 12.4 Å². The van der Waals surface area contributed by atoms with Crippen LogP contribution in [0.15, 0.2) is 29.6 Å². The second-order valence-electron chi connectivity index (χ2n) is 3.91. The third-order valence-corrected chi connectivity index (χ3v) is 3.61. The maximum Gasteiger partial charge on any atom is 0.267 e. The van der Waals surface area contributed by atoms with Gasteiger partial charge in [-0.3, -0.25) is 4.79 Å². The zero-order chi connectivity index (χ0) is 14.5. The van der Waals surface area contributed by atoms with Crippen LogP contribution in [0.1, 0.15) is 20.8 Å². The van der Waals surface area contributed by atoms with Gasteiger partial charge in [-0.15, -0.1) is 11.3 Å². The van der Waals surface area contributed by atoms with Gasteiger partial charge in [0.25, 0.3) is 5.91 Å². The fourth-order valence-corrected chi connectivity index (χ4v) is 2.48. The molecule has 5 nitrogen and oxygen atoms in total. The number of ether oxygens (including phenoxy) is 1. The van der Waals surface area contributed by atoms with Gasteiger partial charge in [0, 0.05) is 11.3 Å². The van der Waals surface area contributed by atoms with Crippen LogP contribution in [0.5, 0.6) is 5.75 Å². The summed E-state index contributed by atoms with van der Waals surface area (Å²) in [5.41, 5.74) is 1.47. The highest BCUT2D eigenvalue weighted by molar-refractivity contribution is 7.12. The number of carbonyl (C=O) groups excluding carboxylic acids is 1. The molecule has 0 bridgehead atoms. The number of hydrogen-bond acceptors (Lipinski definition) is 5. The van der Waals surface area contributed by atoms with E-state index in [4.69, 9.17) is 10.00 Å². The van der Waals surface area contributed by atoms with Gasteiger partial charge < -0.3 is 15.2 Å². The van der Waals surface area contributed by atoms with Crippen LogP contribution < -0.4 is 10.1 Å². The quantitative estimate of drug-likeness (QED) is 0.905. The van der Waals surface area contributed by atoms with Crippen LogP contribution in [0.3, 0.4) is 0 Å². The van der Waals surface area contributed by atoms with E-state index in [1.165, 1.54) is 18.4 Å². The Balaban J connectivity index is 2.22. The molecule has 0 fully saturated rings. The average Bonchev–Trinajstić information content (AvgIpc) is 2.95. The van der Waals surface area contributed by atoms with Crippen molar-refractivity contribution < 1.29 is 14.6 Å². The number of thiophene rings is 1. The van der Waals surface area contributed by atoms with E-state index in [0.717, 1.165) is 0 Å². The Hall–Kier alpha value is -2.36. The van der Waals surface area contributed by atoms with Crippen molar-refractivity contribution in [3.05, 3.63) is 45.6 Å². The molecule has 0 unspecified atom stereocenters. The average molecular weight is 288 g/mol. The first-order valence-corrected chi connectivity index (χ1v) is 6.64. The van der Waals surface area contributed by atoms with Crippen molar-refractivity contribution in [2.24, 2.45) is 0 Å².